The van der Waals surface area contributed by atoms with Crippen LogP contribution in [0.25, 0.3) is 0 Å². The molecule has 0 saturated carbocycles. The molecule has 0 aliphatic carbocycles. The van der Waals surface area contributed by atoms with Gasteiger partial charge in [0.1, 0.15) is 11.7 Å². The Morgan fingerprint density at radius 3 is 2.58 bits per heavy atom. The van der Waals surface area contributed by atoms with Gasteiger partial charge in [-0.25, -0.2) is 9.89 Å². The molecule has 2 amide bonds. The maximum atomic E-state index is 11.6. The van der Waals surface area contributed by atoms with Crippen LogP contribution < -0.4 is 16.6 Å². The Morgan fingerprint density at radius 1 is 1.42 bits per heavy atom. The van der Waals surface area contributed by atoms with E-state index in [9.17, 15) is 19.2 Å². The molecule has 9 heteroatoms. The molecule has 19 heavy (non-hydrogen) atoms. The van der Waals surface area contributed by atoms with E-state index in [0.29, 0.717) is 0 Å². The Morgan fingerprint density at radius 2 is 2.11 bits per heavy atom. The number of nitrogens with one attached hydrogen (secondary N) is 2. The van der Waals surface area contributed by atoms with Crippen molar-refractivity contribution in [2.75, 3.05) is 0 Å². The molecule has 5 N–H and O–H groups in total. The van der Waals surface area contributed by atoms with Gasteiger partial charge in [0.2, 0.25) is 5.91 Å². The van der Waals surface area contributed by atoms with E-state index in [-0.39, 0.29) is 18.5 Å². The van der Waals surface area contributed by atoms with Gasteiger partial charge in [-0.15, -0.1) is 0 Å². The van der Waals surface area contributed by atoms with Crippen molar-refractivity contribution >= 4 is 17.8 Å². The van der Waals surface area contributed by atoms with Gasteiger partial charge in [-0.2, -0.15) is 5.10 Å². The molecule has 0 aliphatic heterocycles. The van der Waals surface area contributed by atoms with Crippen molar-refractivity contribution in [3.8, 4) is 0 Å². The monoisotopic (exact) mass is 268 g/mol. The highest BCUT2D eigenvalue weighted by molar-refractivity contribution is 5.94. The van der Waals surface area contributed by atoms with Gasteiger partial charge in [-0.1, -0.05) is 0 Å². The third kappa shape index (κ3) is 4.58. The van der Waals surface area contributed by atoms with Crippen molar-refractivity contribution in [2.45, 2.75) is 18.9 Å². The number of aliphatic carboxylic acids is 1. The standard InChI is InChI=1S/C10H12N4O5/c11-7(15)3-1-6(10(18)19)12-9(17)5-2-4-8(16)14-13-5/h2,4,6H,1,3H2,(H2,11,15)(H,12,17)(H,14,16)(H,18,19). The van der Waals surface area contributed by atoms with Gasteiger partial charge in [-0.05, 0) is 12.5 Å². The van der Waals surface area contributed by atoms with E-state index < -0.39 is 29.4 Å². The molecule has 0 radical (unpaired) electrons. The number of carboxylic acids is 1. The fourth-order valence-corrected chi connectivity index (χ4v) is 1.25. The Bertz CT molecular complexity index is 533. The van der Waals surface area contributed by atoms with Crippen molar-refractivity contribution in [2.24, 2.45) is 5.73 Å². The molecule has 9 nitrogen and oxygen atoms in total. The summed E-state index contributed by atoms with van der Waals surface area (Å²) in [6.45, 7) is 0. The van der Waals surface area contributed by atoms with E-state index >= 15 is 0 Å². The van der Waals surface area contributed by atoms with Crippen molar-refractivity contribution in [3.05, 3.63) is 28.2 Å². The quantitative estimate of drug-likeness (QED) is 0.478. The third-order valence-electron chi connectivity index (χ3n) is 2.19. The Kier molecular flexibility index (Phi) is 4.75. The normalized spacial score (nSPS) is 11.6. The topological polar surface area (TPSA) is 155 Å². The highest BCUT2D eigenvalue weighted by atomic mass is 16.4. The van der Waals surface area contributed by atoms with Crippen molar-refractivity contribution in [1.29, 1.82) is 0 Å². The lowest BCUT2D eigenvalue weighted by atomic mass is 10.1. The number of aromatic amines is 1. The zero-order valence-electron chi connectivity index (χ0n) is 9.75. The van der Waals surface area contributed by atoms with Gasteiger partial charge in [0.15, 0.2) is 0 Å². The zero-order valence-corrected chi connectivity index (χ0v) is 9.75. The minimum atomic E-state index is -1.29. The fraction of sp³-hybridized carbons (Fsp3) is 0.300. The van der Waals surface area contributed by atoms with Crippen molar-refractivity contribution in [3.63, 3.8) is 0 Å². The summed E-state index contributed by atoms with van der Waals surface area (Å²) >= 11 is 0. The molecule has 1 unspecified atom stereocenters. The average Bonchev–Trinajstić information content (AvgIpc) is 2.34. The summed E-state index contributed by atoms with van der Waals surface area (Å²) in [6.07, 6.45) is -0.296. The number of carbonyl (C=O) groups excluding carboxylic acids is 2. The summed E-state index contributed by atoms with van der Waals surface area (Å²) in [5, 5.41) is 16.6. The van der Waals surface area contributed by atoms with Crippen molar-refractivity contribution < 1.29 is 19.5 Å². The number of rotatable bonds is 6. The van der Waals surface area contributed by atoms with E-state index in [1.807, 2.05) is 5.10 Å². The van der Waals surface area contributed by atoms with Crippen LogP contribution >= 0.6 is 0 Å². The molecular formula is C10H12N4O5. The summed E-state index contributed by atoms with van der Waals surface area (Å²) in [6, 6.07) is 0.983. The molecule has 1 atom stereocenters. The van der Waals surface area contributed by atoms with Crippen LogP contribution in [0, 0.1) is 0 Å². The lowest BCUT2D eigenvalue weighted by Crippen LogP contribution is -2.41. The number of aromatic nitrogens is 2. The van der Waals surface area contributed by atoms with E-state index in [4.69, 9.17) is 10.8 Å². The van der Waals surface area contributed by atoms with Crippen molar-refractivity contribution in [1.82, 2.24) is 15.5 Å². The maximum absolute atomic E-state index is 11.6. The summed E-state index contributed by atoms with van der Waals surface area (Å²) in [5.74, 6) is -2.73. The zero-order chi connectivity index (χ0) is 14.4. The molecule has 0 aliphatic rings. The minimum Gasteiger partial charge on any atom is -0.480 e. The van der Waals surface area contributed by atoms with Crippen LogP contribution in [-0.2, 0) is 9.59 Å². The van der Waals surface area contributed by atoms with Gasteiger partial charge in [-0.3, -0.25) is 14.4 Å². The van der Waals surface area contributed by atoms with E-state index in [1.165, 1.54) is 0 Å². The Labute approximate surface area is 106 Å². The summed E-state index contributed by atoms with van der Waals surface area (Å²) in [7, 11) is 0. The van der Waals surface area contributed by atoms with Crippen LogP contribution in [-0.4, -0.2) is 39.1 Å². The van der Waals surface area contributed by atoms with Crippen LogP contribution in [0.4, 0.5) is 0 Å². The Hall–Kier alpha value is -2.71. The summed E-state index contributed by atoms with van der Waals surface area (Å²) in [4.78, 5) is 43.9. The highest BCUT2D eigenvalue weighted by Crippen LogP contribution is 1.99. The minimum absolute atomic E-state index is 0.125. The van der Waals surface area contributed by atoms with Gasteiger partial charge in [0, 0.05) is 12.5 Å². The second kappa shape index (κ2) is 6.28. The lowest BCUT2D eigenvalue weighted by molar-refractivity contribution is -0.139. The highest BCUT2D eigenvalue weighted by Gasteiger charge is 2.21. The summed E-state index contributed by atoms with van der Waals surface area (Å²) < 4.78 is 0. The molecule has 0 bridgehead atoms. The largest absolute Gasteiger partial charge is 0.480 e. The number of carboxylic acid groups (broad SMARTS) is 1. The van der Waals surface area contributed by atoms with Gasteiger partial charge in [0.05, 0.1) is 0 Å². The number of amides is 2. The number of nitrogens with zero attached hydrogens (tertiary/aromatic N) is 1. The number of hydrogen-bond acceptors (Lipinski definition) is 5. The molecule has 0 spiro atoms. The molecular weight excluding hydrogens is 256 g/mol. The van der Waals surface area contributed by atoms with Gasteiger partial charge in [0.25, 0.3) is 11.5 Å². The molecule has 0 saturated heterocycles. The first kappa shape index (κ1) is 14.4. The van der Waals surface area contributed by atoms with Crippen LogP contribution in [0.15, 0.2) is 16.9 Å². The first-order valence-corrected chi connectivity index (χ1v) is 5.28. The molecule has 0 aromatic carbocycles. The predicted molar refractivity (Wildman–Crippen MR) is 62.2 cm³/mol. The number of carbonyl (C=O) groups is 3. The molecule has 0 fully saturated rings. The smallest absolute Gasteiger partial charge is 0.326 e. The number of nitrogens with two attached hydrogens (primary N) is 1. The van der Waals surface area contributed by atoms with Gasteiger partial charge >= 0.3 is 5.97 Å². The molecule has 1 aromatic rings. The number of H-pyrrole nitrogens is 1. The van der Waals surface area contributed by atoms with Crippen LogP contribution in [0.5, 0.6) is 0 Å². The SMILES string of the molecule is NC(=O)CCC(NC(=O)c1ccc(=O)[nH]n1)C(=O)O. The maximum Gasteiger partial charge on any atom is 0.326 e. The summed E-state index contributed by atoms with van der Waals surface area (Å²) in [5.41, 5.74) is 4.28. The van der Waals surface area contributed by atoms with Gasteiger partial charge < -0.3 is 16.2 Å². The van der Waals surface area contributed by atoms with Crippen LogP contribution in [0.2, 0.25) is 0 Å². The lowest BCUT2D eigenvalue weighted by Gasteiger charge is -2.12. The van der Waals surface area contributed by atoms with Crippen LogP contribution in [0.1, 0.15) is 23.3 Å². The fourth-order valence-electron chi connectivity index (χ4n) is 1.25. The van der Waals surface area contributed by atoms with E-state index in [1.54, 1.807) is 0 Å². The first-order valence-electron chi connectivity index (χ1n) is 5.28. The van der Waals surface area contributed by atoms with E-state index in [2.05, 4.69) is 10.4 Å². The molecule has 1 heterocycles. The average molecular weight is 268 g/mol. The second-order valence-electron chi connectivity index (χ2n) is 3.68. The molecule has 102 valence electrons. The first-order chi connectivity index (χ1) is 8.90. The molecule has 1 aromatic heterocycles. The molecule has 1 rings (SSSR count). The van der Waals surface area contributed by atoms with Crippen LogP contribution in [0.3, 0.4) is 0 Å². The van der Waals surface area contributed by atoms with E-state index in [0.717, 1.165) is 12.1 Å². The third-order valence-corrected chi connectivity index (χ3v) is 2.19. The number of hydrogen-bond donors (Lipinski definition) is 4. The predicted octanol–water partition coefficient (Wildman–Crippen LogP) is -1.78. The number of primary amides is 1. The Balaban J connectivity index is 2.70. The second-order valence-corrected chi connectivity index (χ2v) is 3.68.